The standard InChI is InChI=1S/C15H20N4O2S/c1-4-16-15(21)18-14(20)10(2)19(3)9-13-17-11-7-5-6-8-12(11)22-13/h5-8,10H,4,9H2,1-3H3,(H2,16,18,20,21). The molecule has 0 fully saturated rings. The molecular formula is C15H20N4O2S. The van der Waals surface area contributed by atoms with Crippen molar-refractivity contribution in [3.63, 3.8) is 0 Å². The first kappa shape index (κ1) is 16.4. The minimum atomic E-state index is -0.465. The Kier molecular flexibility index (Phi) is 5.46. The van der Waals surface area contributed by atoms with Crippen molar-refractivity contribution in [2.45, 2.75) is 26.4 Å². The number of benzene rings is 1. The zero-order valence-electron chi connectivity index (χ0n) is 12.9. The Morgan fingerprint density at radius 3 is 2.77 bits per heavy atom. The number of hydrogen-bond donors (Lipinski definition) is 2. The molecule has 0 radical (unpaired) electrons. The fourth-order valence-electron chi connectivity index (χ4n) is 1.96. The molecule has 7 heteroatoms. The summed E-state index contributed by atoms with van der Waals surface area (Å²) >= 11 is 1.61. The summed E-state index contributed by atoms with van der Waals surface area (Å²) in [4.78, 5) is 29.8. The van der Waals surface area contributed by atoms with Gasteiger partial charge in [-0.15, -0.1) is 11.3 Å². The predicted molar refractivity (Wildman–Crippen MR) is 87.8 cm³/mol. The van der Waals surface area contributed by atoms with Crippen LogP contribution in [-0.4, -0.2) is 41.5 Å². The maximum atomic E-state index is 12.0. The molecular weight excluding hydrogens is 300 g/mol. The molecule has 1 aromatic carbocycles. The van der Waals surface area contributed by atoms with Gasteiger partial charge in [0.15, 0.2) is 0 Å². The van der Waals surface area contributed by atoms with Gasteiger partial charge in [-0.3, -0.25) is 15.0 Å². The van der Waals surface area contributed by atoms with E-state index in [0.717, 1.165) is 15.2 Å². The first-order valence-corrected chi connectivity index (χ1v) is 7.96. The number of fused-ring (bicyclic) bond motifs is 1. The lowest BCUT2D eigenvalue weighted by molar-refractivity contribution is -0.124. The van der Waals surface area contributed by atoms with Crippen LogP contribution in [0.3, 0.4) is 0 Å². The van der Waals surface area contributed by atoms with E-state index in [9.17, 15) is 9.59 Å². The van der Waals surface area contributed by atoms with Crippen LogP contribution in [-0.2, 0) is 11.3 Å². The van der Waals surface area contributed by atoms with Crippen LogP contribution >= 0.6 is 11.3 Å². The summed E-state index contributed by atoms with van der Waals surface area (Å²) in [6.07, 6.45) is 0. The maximum absolute atomic E-state index is 12.0. The van der Waals surface area contributed by atoms with Gasteiger partial charge in [0.05, 0.1) is 22.8 Å². The number of rotatable bonds is 5. The van der Waals surface area contributed by atoms with Gasteiger partial charge in [0, 0.05) is 6.54 Å². The van der Waals surface area contributed by atoms with Crippen molar-refractivity contribution in [2.24, 2.45) is 0 Å². The Hall–Kier alpha value is -1.99. The molecule has 0 saturated heterocycles. The predicted octanol–water partition coefficient (Wildman–Crippen LogP) is 1.96. The van der Waals surface area contributed by atoms with E-state index in [1.165, 1.54) is 0 Å². The van der Waals surface area contributed by atoms with Crippen LogP contribution in [0.4, 0.5) is 4.79 Å². The van der Waals surface area contributed by atoms with Crippen molar-refractivity contribution < 1.29 is 9.59 Å². The number of carbonyl (C=O) groups is 2. The van der Waals surface area contributed by atoms with E-state index in [1.54, 1.807) is 25.2 Å². The average Bonchev–Trinajstić information content (AvgIpc) is 2.88. The van der Waals surface area contributed by atoms with E-state index in [-0.39, 0.29) is 5.91 Å². The number of nitrogens with one attached hydrogen (secondary N) is 2. The molecule has 1 unspecified atom stereocenters. The number of likely N-dealkylation sites (N-methyl/N-ethyl adjacent to an activating group) is 1. The zero-order valence-corrected chi connectivity index (χ0v) is 13.7. The topological polar surface area (TPSA) is 74.3 Å². The zero-order chi connectivity index (χ0) is 16.1. The van der Waals surface area contributed by atoms with Gasteiger partial charge in [-0.05, 0) is 33.0 Å². The molecule has 0 spiro atoms. The van der Waals surface area contributed by atoms with E-state index in [0.29, 0.717) is 13.1 Å². The Bertz CT molecular complexity index is 637. The molecule has 22 heavy (non-hydrogen) atoms. The van der Waals surface area contributed by atoms with Gasteiger partial charge in [0.2, 0.25) is 5.91 Å². The van der Waals surface area contributed by atoms with Crippen molar-refractivity contribution >= 4 is 33.5 Å². The van der Waals surface area contributed by atoms with Gasteiger partial charge in [-0.2, -0.15) is 0 Å². The van der Waals surface area contributed by atoms with E-state index in [2.05, 4.69) is 15.6 Å². The second kappa shape index (κ2) is 7.33. The van der Waals surface area contributed by atoms with Crippen LogP contribution in [0.5, 0.6) is 0 Å². The second-order valence-electron chi connectivity index (χ2n) is 5.02. The van der Waals surface area contributed by atoms with Crippen LogP contribution in [0.25, 0.3) is 10.2 Å². The van der Waals surface area contributed by atoms with Crippen molar-refractivity contribution in [1.82, 2.24) is 20.5 Å². The molecule has 6 nitrogen and oxygen atoms in total. The van der Waals surface area contributed by atoms with E-state index in [4.69, 9.17) is 0 Å². The number of imide groups is 1. The number of thiazole rings is 1. The molecule has 2 rings (SSSR count). The van der Waals surface area contributed by atoms with Crippen LogP contribution in [0.2, 0.25) is 0 Å². The van der Waals surface area contributed by atoms with Gasteiger partial charge in [0.25, 0.3) is 0 Å². The number of urea groups is 1. The third kappa shape index (κ3) is 4.02. The summed E-state index contributed by atoms with van der Waals surface area (Å²) in [5, 5.41) is 5.81. The van der Waals surface area contributed by atoms with E-state index < -0.39 is 12.1 Å². The minimum absolute atomic E-state index is 0.324. The number of hydrogen-bond acceptors (Lipinski definition) is 5. The van der Waals surface area contributed by atoms with Crippen molar-refractivity contribution in [1.29, 1.82) is 0 Å². The summed E-state index contributed by atoms with van der Waals surface area (Å²) < 4.78 is 1.13. The highest BCUT2D eigenvalue weighted by Gasteiger charge is 2.20. The SMILES string of the molecule is CCNC(=O)NC(=O)C(C)N(C)Cc1nc2ccccc2s1. The van der Waals surface area contributed by atoms with Crippen LogP contribution < -0.4 is 10.6 Å². The Labute approximate surface area is 133 Å². The van der Waals surface area contributed by atoms with Gasteiger partial charge in [-0.25, -0.2) is 9.78 Å². The number of nitrogens with zero attached hydrogens (tertiary/aromatic N) is 2. The number of carbonyl (C=O) groups excluding carboxylic acids is 2. The molecule has 3 amide bonds. The first-order chi connectivity index (χ1) is 10.5. The third-order valence-electron chi connectivity index (χ3n) is 3.34. The van der Waals surface area contributed by atoms with E-state index >= 15 is 0 Å². The molecule has 118 valence electrons. The number of amides is 3. The molecule has 1 heterocycles. The summed E-state index contributed by atoms with van der Waals surface area (Å²) in [7, 11) is 1.84. The molecule has 0 aliphatic rings. The molecule has 0 aliphatic heterocycles. The summed E-state index contributed by atoms with van der Waals surface area (Å²) in [6, 6.07) is 7.05. The lowest BCUT2D eigenvalue weighted by atomic mass is 10.3. The fraction of sp³-hybridized carbons (Fsp3) is 0.400. The van der Waals surface area contributed by atoms with Crippen LogP contribution in [0.15, 0.2) is 24.3 Å². The molecule has 1 aromatic heterocycles. The van der Waals surface area contributed by atoms with Gasteiger partial charge < -0.3 is 5.32 Å². The molecule has 1 atom stereocenters. The largest absolute Gasteiger partial charge is 0.338 e. The van der Waals surface area contributed by atoms with Gasteiger partial charge in [0.1, 0.15) is 5.01 Å². The van der Waals surface area contributed by atoms with Crippen molar-refractivity contribution in [2.75, 3.05) is 13.6 Å². The summed E-state index contributed by atoms with van der Waals surface area (Å²) in [5.41, 5.74) is 0.968. The van der Waals surface area contributed by atoms with Crippen molar-refractivity contribution in [3.05, 3.63) is 29.3 Å². The molecule has 2 N–H and O–H groups in total. The normalized spacial score (nSPS) is 12.4. The minimum Gasteiger partial charge on any atom is -0.338 e. The molecule has 0 aliphatic carbocycles. The van der Waals surface area contributed by atoms with E-state index in [1.807, 2.05) is 36.2 Å². The quantitative estimate of drug-likeness (QED) is 0.883. The third-order valence-corrected chi connectivity index (χ3v) is 4.36. The highest BCUT2D eigenvalue weighted by Crippen LogP contribution is 2.22. The average molecular weight is 320 g/mol. The first-order valence-electron chi connectivity index (χ1n) is 7.14. The summed E-state index contributed by atoms with van der Waals surface area (Å²) in [6.45, 7) is 4.60. The number of para-hydroxylation sites is 1. The lowest BCUT2D eigenvalue weighted by Gasteiger charge is -2.22. The molecule has 0 saturated carbocycles. The molecule has 2 aromatic rings. The lowest BCUT2D eigenvalue weighted by Crippen LogP contribution is -2.48. The highest BCUT2D eigenvalue weighted by atomic mass is 32.1. The molecule has 0 bridgehead atoms. The van der Waals surface area contributed by atoms with Crippen molar-refractivity contribution in [3.8, 4) is 0 Å². The van der Waals surface area contributed by atoms with Gasteiger partial charge in [-0.1, -0.05) is 12.1 Å². The Morgan fingerprint density at radius 2 is 2.09 bits per heavy atom. The summed E-state index contributed by atoms with van der Waals surface area (Å²) in [5.74, 6) is -0.324. The maximum Gasteiger partial charge on any atom is 0.321 e. The Balaban J connectivity index is 1.96. The smallest absolute Gasteiger partial charge is 0.321 e. The van der Waals surface area contributed by atoms with Gasteiger partial charge >= 0.3 is 6.03 Å². The van der Waals surface area contributed by atoms with Crippen LogP contribution in [0.1, 0.15) is 18.9 Å². The highest BCUT2D eigenvalue weighted by molar-refractivity contribution is 7.18. The fourth-order valence-corrected chi connectivity index (χ4v) is 2.99. The second-order valence-corrected chi connectivity index (χ2v) is 6.13. The Morgan fingerprint density at radius 1 is 1.36 bits per heavy atom. The van der Waals surface area contributed by atoms with Crippen LogP contribution in [0, 0.1) is 0 Å². The number of aromatic nitrogens is 1. The monoisotopic (exact) mass is 320 g/mol.